The Hall–Kier alpha value is -1.33. The summed E-state index contributed by atoms with van der Waals surface area (Å²) in [6.07, 6.45) is 2.89. The van der Waals surface area contributed by atoms with Crippen molar-refractivity contribution in [2.45, 2.75) is 18.9 Å². The number of benzene rings is 1. The highest BCUT2D eigenvalue weighted by molar-refractivity contribution is 7.09. The lowest BCUT2D eigenvalue weighted by Crippen LogP contribution is -2.25. The second-order valence-electron chi connectivity index (χ2n) is 3.84. The van der Waals surface area contributed by atoms with Crippen LogP contribution in [0.5, 0.6) is 0 Å². The summed E-state index contributed by atoms with van der Waals surface area (Å²) < 4.78 is 25.7. The Morgan fingerprint density at radius 2 is 2.06 bits per heavy atom. The van der Waals surface area contributed by atoms with E-state index in [0.717, 1.165) is 11.1 Å². The molecule has 2 nitrogen and oxygen atoms in total. The molecule has 17 heavy (non-hydrogen) atoms. The van der Waals surface area contributed by atoms with Crippen LogP contribution in [-0.4, -0.2) is 11.0 Å². The first-order valence-corrected chi connectivity index (χ1v) is 6.11. The summed E-state index contributed by atoms with van der Waals surface area (Å²) in [4.78, 5) is 4.13. The third-order valence-electron chi connectivity index (χ3n) is 2.40. The van der Waals surface area contributed by atoms with Gasteiger partial charge in [-0.1, -0.05) is 6.07 Å². The number of hydrogen-bond acceptors (Lipinski definition) is 3. The highest BCUT2D eigenvalue weighted by Gasteiger charge is 2.09. The molecule has 0 aliphatic rings. The van der Waals surface area contributed by atoms with Gasteiger partial charge >= 0.3 is 0 Å². The molecule has 1 unspecified atom stereocenters. The highest BCUT2D eigenvalue weighted by Crippen LogP contribution is 2.13. The number of halogens is 2. The van der Waals surface area contributed by atoms with Gasteiger partial charge in [-0.15, -0.1) is 11.3 Å². The van der Waals surface area contributed by atoms with E-state index in [0.29, 0.717) is 18.4 Å². The fourth-order valence-corrected chi connectivity index (χ4v) is 2.33. The second-order valence-corrected chi connectivity index (χ2v) is 4.82. The number of nitrogens with two attached hydrogens (primary N) is 1. The van der Waals surface area contributed by atoms with Crippen molar-refractivity contribution in [1.29, 1.82) is 0 Å². The molecular formula is C12H12F2N2S. The number of nitrogens with zero attached hydrogens (tertiary/aromatic N) is 1. The summed E-state index contributed by atoms with van der Waals surface area (Å²) in [5.41, 5.74) is 6.64. The van der Waals surface area contributed by atoms with Gasteiger partial charge in [0, 0.05) is 24.0 Å². The van der Waals surface area contributed by atoms with Gasteiger partial charge in [-0.25, -0.2) is 13.8 Å². The first-order chi connectivity index (χ1) is 8.15. The molecule has 5 heteroatoms. The van der Waals surface area contributed by atoms with Crippen molar-refractivity contribution in [3.05, 3.63) is 52.0 Å². The van der Waals surface area contributed by atoms with E-state index in [1.807, 2.05) is 5.38 Å². The molecule has 0 aliphatic carbocycles. The average Bonchev–Trinajstić information content (AvgIpc) is 2.76. The van der Waals surface area contributed by atoms with Crippen molar-refractivity contribution in [1.82, 2.24) is 4.98 Å². The summed E-state index contributed by atoms with van der Waals surface area (Å²) >= 11 is 1.54. The topological polar surface area (TPSA) is 38.9 Å². The van der Waals surface area contributed by atoms with Crippen LogP contribution in [-0.2, 0) is 12.8 Å². The SMILES string of the molecule is NC(Cc1ccc(F)c(F)c1)Cc1nccs1. The first-order valence-electron chi connectivity index (χ1n) is 5.23. The van der Waals surface area contributed by atoms with E-state index in [1.165, 1.54) is 6.07 Å². The average molecular weight is 254 g/mol. The van der Waals surface area contributed by atoms with Crippen molar-refractivity contribution in [3.63, 3.8) is 0 Å². The maximum absolute atomic E-state index is 13.0. The minimum atomic E-state index is -0.831. The Morgan fingerprint density at radius 3 is 2.71 bits per heavy atom. The molecule has 0 radical (unpaired) electrons. The van der Waals surface area contributed by atoms with Gasteiger partial charge in [-0.2, -0.15) is 0 Å². The predicted octanol–water partition coefficient (Wildman–Crippen LogP) is 2.53. The van der Waals surface area contributed by atoms with E-state index < -0.39 is 11.6 Å². The van der Waals surface area contributed by atoms with Crippen molar-refractivity contribution >= 4 is 11.3 Å². The lowest BCUT2D eigenvalue weighted by atomic mass is 10.0. The lowest BCUT2D eigenvalue weighted by molar-refractivity contribution is 0.506. The van der Waals surface area contributed by atoms with Gasteiger partial charge in [-0.05, 0) is 24.1 Å². The Labute approximate surface area is 102 Å². The molecule has 0 saturated heterocycles. The Balaban J connectivity index is 1.98. The molecule has 1 atom stereocenters. The zero-order valence-electron chi connectivity index (χ0n) is 9.07. The van der Waals surface area contributed by atoms with Gasteiger partial charge in [0.2, 0.25) is 0 Å². The molecule has 1 aromatic carbocycles. The largest absolute Gasteiger partial charge is 0.327 e. The molecule has 1 heterocycles. The predicted molar refractivity (Wildman–Crippen MR) is 63.9 cm³/mol. The van der Waals surface area contributed by atoms with Crippen LogP contribution in [0.4, 0.5) is 8.78 Å². The molecule has 2 N–H and O–H groups in total. The van der Waals surface area contributed by atoms with Crippen LogP contribution in [0.1, 0.15) is 10.6 Å². The van der Waals surface area contributed by atoms with Crippen LogP contribution in [0.2, 0.25) is 0 Å². The normalized spacial score (nSPS) is 12.6. The third kappa shape index (κ3) is 3.31. The van der Waals surface area contributed by atoms with Crippen LogP contribution < -0.4 is 5.73 Å². The molecule has 0 aliphatic heterocycles. The monoisotopic (exact) mass is 254 g/mol. The lowest BCUT2D eigenvalue weighted by Gasteiger charge is -2.10. The van der Waals surface area contributed by atoms with Crippen LogP contribution in [0.25, 0.3) is 0 Å². The molecule has 0 saturated carbocycles. The minimum Gasteiger partial charge on any atom is -0.327 e. The van der Waals surface area contributed by atoms with Gasteiger partial charge in [-0.3, -0.25) is 0 Å². The molecule has 0 amide bonds. The Bertz CT molecular complexity index is 485. The molecule has 0 spiro atoms. The third-order valence-corrected chi connectivity index (χ3v) is 3.20. The van der Waals surface area contributed by atoms with Crippen molar-refractivity contribution in [2.24, 2.45) is 5.73 Å². The quantitative estimate of drug-likeness (QED) is 0.910. The summed E-state index contributed by atoms with van der Waals surface area (Å²) in [7, 11) is 0. The van der Waals surface area contributed by atoms with E-state index in [-0.39, 0.29) is 6.04 Å². The second kappa shape index (κ2) is 5.33. The first kappa shape index (κ1) is 12.1. The fraction of sp³-hybridized carbons (Fsp3) is 0.250. The number of hydrogen-bond donors (Lipinski definition) is 1. The highest BCUT2D eigenvalue weighted by atomic mass is 32.1. The molecular weight excluding hydrogens is 242 g/mol. The Kier molecular flexibility index (Phi) is 3.81. The molecule has 0 fully saturated rings. The Morgan fingerprint density at radius 1 is 1.24 bits per heavy atom. The van der Waals surface area contributed by atoms with Crippen LogP contribution in [0.3, 0.4) is 0 Å². The van der Waals surface area contributed by atoms with Gasteiger partial charge in [0.25, 0.3) is 0 Å². The van der Waals surface area contributed by atoms with E-state index in [4.69, 9.17) is 5.73 Å². The molecule has 0 bridgehead atoms. The smallest absolute Gasteiger partial charge is 0.159 e. The number of thiazole rings is 1. The van der Waals surface area contributed by atoms with Gasteiger partial charge in [0.05, 0.1) is 5.01 Å². The molecule has 2 aromatic rings. The number of rotatable bonds is 4. The van der Waals surface area contributed by atoms with E-state index >= 15 is 0 Å². The summed E-state index contributed by atoms with van der Waals surface area (Å²) in [5, 5.41) is 2.85. The van der Waals surface area contributed by atoms with Gasteiger partial charge in [0.15, 0.2) is 11.6 Å². The summed E-state index contributed by atoms with van der Waals surface area (Å²) in [5.74, 6) is -1.66. The molecule has 2 rings (SSSR count). The van der Waals surface area contributed by atoms with Crippen LogP contribution in [0, 0.1) is 11.6 Å². The maximum atomic E-state index is 13.0. The molecule has 90 valence electrons. The van der Waals surface area contributed by atoms with Crippen molar-refractivity contribution < 1.29 is 8.78 Å². The van der Waals surface area contributed by atoms with E-state index in [1.54, 1.807) is 23.6 Å². The zero-order chi connectivity index (χ0) is 12.3. The van der Waals surface area contributed by atoms with Crippen molar-refractivity contribution in [2.75, 3.05) is 0 Å². The summed E-state index contributed by atoms with van der Waals surface area (Å²) in [6.45, 7) is 0. The van der Waals surface area contributed by atoms with Crippen molar-refractivity contribution in [3.8, 4) is 0 Å². The van der Waals surface area contributed by atoms with Crippen LogP contribution >= 0.6 is 11.3 Å². The van der Waals surface area contributed by atoms with Gasteiger partial charge in [0.1, 0.15) is 0 Å². The summed E-state index contributed by atoms with van der Waals surface area (Å²) in [6, 6.07) is 3.74. The van der Waals surface area contributed by atoms with E-state index in [9.17, 15) is 8.78 Å². The van der Waals surface area contributed by atoms with Gasteiger partial charge < -0.3 is 5.73 Å². The van der Waals surface area contributed by atoms with E-state index in [2.05, 4.69) is 4.98 Å². The minimum absolute atomic E-state index is 0.133. The number of aromatic nitrogens is 1. The maximum Gasteiger partial charge on any atom is 0.159 e. The standard InChI is InChI=1S/C12H12F2N2S/c13-10-2-1-8(6-11(10)14)5-9(15)7-12-16-3-4-17-12/h1-4,6,9H,5,7,15H2. The van der Waals surface area contributed by atoms with Crippen LogP contribution in [0.15, 0.2) is 29.8 Å². The zero-order valence-corrected chi connectivity index (χ0v) is 9.88. The fourth-order valence-electron chi connectivity index (χ4n) is 1.62. The molecule has 1 aromatic heterocycles.